The number of ether oxygens (including phenoxy) is 1. The third-order valence-corrected chi connectivity index (χ3v) is 6.16. The van der Waals surface area contributed by atoms with Gasteiger partial charge in [0.2, 0.25) is 5.95 Å². The fourth-order valence-corrected chi connectivity index (χ4v) is 3.98. The number of alkyl halides is 2. The summed E-state index contributed by atoms with van der Waals surface area (Å²) >= 11 is 6.34. The van der Waals surface area contributed by atoms with E-state index in [0.717, 1.165) is 10.9 Å². The average molecular weight is 492 g/mol. The van der Waals surface area contributed by atoms with Crippen LogP contribution in [0.2, 0.25) is 5.02 Å². The van der Waals surface area contributed by atoms with E-state index < -0.39 is 5.92 Å². The third-order valence-electron chi connectivity index (χ3n) is 5.85. The number of carbonyl (C=O) groups is 1. The summed E-state index contributed by atoms with van der Waals surface area (Å²) in [6, 6.07) is 7.18. The van der Waals surface area contributed by atoms with Crippen molar-refractivity contribution in [3.8, 4) is 5.75 Å². The minimum Gasteiger partial charge on any atom is -0.478 e. The quantitative estimate of drug-likeness (QED) is 0.570. The number of piperidine rings is 1. The van der Waals surface area contributed by atoms with Crippen molar-refractivity contribution in [2.75, 3.05) is 31.6 Å². The van der Waals surface area contributed by atoms with Gasteiger partial charge in [-0.3, -0.25) is 9.59 Å². The van der Waals surface area contributed by atoms with Crippen LogP contribution in [0.5, 0.6) is 5.75 Å². The highest BCUT2D eigenvalue weighted by atomic mass is 35.5. The molecule has 0 atom stereocenters. The predicted molar refractivity (Wildman–Crippen MR) is 125 cm³/mol. The molecule has 0 spiro atoms. The largest absolute Gasteiger partial charge is 0.478 e. The number of likely N-dealkylation sites (N-methyl/N-ethyl adjacent to an activating group) is 1. The number of halogens is 3. The Kier molecular flexibility index (Phi) is 6.70. The van der Waals surface area contributed by atoms with E-state index in [0.29, 0.717) is 28.6 Å². The second kappa shape index (κ2) is 9.54. The molecule has 0 aliphatic carbocycles. The van der Waals surface area contributed by atoms with Crippen molar-refractivity contribution in [3.05, 3.63) is 57.1 Å². The monoisotopic (exact) mass is 491 g/mol. The Balaban J connectivity index is 1.60. The maximum atomic E-state index is 13.5. The van der Waals surface area contributed by atoms with E-state index in [-0.39, 0.29) is 49.8 Å². The lowest BCUT2D eigenvalue weighted by Crippen LogP contribution is -2.40. The summed E-state index contributed by atoms with van der Waals surface area (Å²) < 4.78 is 33.9. The molecule has 1 fully saturated rings. The number of amides is 1. The molecule has 3 heterocycles. The van der Waals surface area contributed by atoms with Gasteiger partial charge < -0.3 is 19.5 Å². The Morgan fingerprint density at radius 1 is 1.26 bits per heavy atom. The van der Waals surface area contributed by atoms with Crippen LogP contribution in [0.15, 0.2) is 35.3 Å². The Morgan fingerprint density at radius 3 is 2.71 bits per heavy atom. The zero-order valence-electron chi connectivity index (χ0n) is 18.8. The molecule has 4 rings (SSSR count). The highest BCUT2D eigenvalue weighted by molar-refractivity contribution is 6.31. The molecule has 8 nitrogen and oxygen atoms in total. The van der Waals surface area contributed by atoms with Crippen molar-refractivity contribution >= 4 is 34.4 Å². The lowest BCUT2D eigenvalue weighted by molar-refractivity contribution is -0.122. The Labute approximate surface area is 199 Å². The van der Waals surface area contributed by atoms with Gasteiger partial charge in [-0.1, -0.05) is 17.7 Å². The number of aromatic nitrogens is 3. The average Bonchev–Trinajstić information content (AvgIpc) is 2.81. The molecular weight excluding hydrogens is 468 g/mol. The van der Waals surface area contributed by atoms with Gasteiger partial charge in [0.1, 0.15) is 0 Å². The summed E-state index contributed by atoms with van der Waals surface area (Å²) in [4.78, 5) is 34.6. The van der Waals surface area contributed by atoms with Crippen molar-refractivity contribution in [3.63, 3.8) is 0 Å². The first-order valence-electron chi connectivity index (χ1n) is 10.8. The number of benzene rings is 1. The van der Waals surface area contributed by atoms with Crippen LogP contribution in [-0.4, -0.2) is 53.1 Å². The van der Waals surface area contributed by atoms with Crippen LogP contribution in [0.1, 0.15) is 24.1 Å². The number of nitrogens with one attached hydrogen (secondary N) is 1. The van der Waals surface area contributed by atoms with Crippen molar-refractivity contribution < 1.29 is 18.3 Å². The van der Waals surface area contributed by atoms with Gasteiger partial charge in [-0.25, -0.2) is 18.7 Å². The first-order valence-corrected chi connectivity index (χ1v) is 11.1. The molecule has 1 aliphatic rings. The standard InChI is InChI=1S/C23H24ClF2N5O3/c1-27-20(32)13-34-19-11-15-9-14(3-4-18(15)30(2)21(19)33)10-17-16(24)12-28-22(29-17)31-7-5-23(25,26)6-8-31/h3-4,9,11-12H,5-8,10,13H2,1-2H3,(H,27,32). The minimum absolute atomic E-state index is 0.0694. The van der Waals surface area contributed by atoms with Crippen LogP contribution in [0.4, 0.5) is 14.7 Å². The lowest BCUT2D eigenvalue weighted by Gasteiger charge is -2.31. The van der Waals surface area contributed by atoms with Crippen LogP contribution in [0.3, 0.4) is 0 Å². The number of aryl methyl sites for hydroxylation is 1. The molecule has 2 aromatic heterocycles. The van der Waals surface area contributed by atoms with Crippen LogP contribution in [-0.2, 0) is 18.3 Å². The molecule has 1 aromatic carbocycles. The van der Waals surface area contributed by atoms with E-state index in [1.54, 1.807) is 18.0 Å². The highest BCUT2D eigenvalue weighted by Gasteiger charge is 2.34. The predicted octanol–water partition coefficient (Wildman–Crippen LogP) is 2.93. The zero-order valence-corrected chi connectivity index (χ0v) is 19.5. The van der Waals surface area contributed by atoms with E-state index in [1.165, 1.54) is 17.8 Å². The Morgan fingerprint density at radius 2 is 2.00 bits per heavy atom. The van der Waals surface area contributed by atoms with Gasteiger partial charge in [0.05, 0.1) is 22.4 Å². The molecule has 1 saturated heterocycles. The summed E-state index contributed by atoms with van der Waals surface area (Å²) in [6.07, 6.45) is 1.40. The van der Waals surface area contributed by atoms with Gasteiger partial charge in [-0.05, 0) is 23.8 Å². The molecular formula is C23H24ClF2N5O3. The maximum absolute atomic E-state index is 13.5. The van der Waals surface area contributed by atoms with Crippen molar-refractivity contribution in [1.82, 2.24) is 19.9 Å². The van der Waals surface area contributed by atoms with E-state index in [9.17, 15) is 18.4 Å². The SMILES string of the molecule is CNC(=O)COc1cc2cc(Cc3nc(N4CCC(F)(F)CC4)ncc3Cl)ccc2n(C)c1=O. The smallest absolute Gasteiger partial charge is 0.293 e. The van der Waals surface area contributed by atoms with Gasteiger partial charge in [-0.2, -0.15) is 0 Å². The van der Waals surface area contributed by atoms with Gasteiger partial charge in [0.25, 0.3) is 17.4 Å². The van der Waals surface area contributed by atoms with Crippen molar-refractivity contribution in [2.24, 2.45) is 7.05 Å². The molecule has 180 valence electrons. The second-order valence-electron chi connectivity index (χ2n) is 8.21. The van der Waals surface area contributed by atoms with Crippen molar-refractivity contribution in [1.29, 1.82) is 0 Å². The van der Waals surface area contributed by atoms with Crippen LogP contribution in [0, 0.1) is 0 Å². The first-order chi connectivity index (χ1) is 16.2. The van der Waals surface area contributed by atoms with Gasteiger partial charge >= 0.3 is 0 Å². The third kappa shape index (κ3) is 5.11. The van der Waals surface area contributed by atoms with Crippen LogP contribution in [0.25, 0.3) is 10.9 Å². The number of rotatable bonds is 6. The number of fused-ring (bicyclic) bond motifs is 1. The molecule has 0 saturated carbocycles. The number of pyridine rings is 1. The topological polar surface area (TPSA) is 89.3 Å². The molecule has 0 unspecified atom stereocenters. The number of hydrogen-bond acceptors (Lipinski definition) is 6. The van der Waals surface area contributed by atoms with Crippen molar-refractivity contribution in [2.45, 2.75) is 25.2 Å². The van der Waals surface area contributed by atoms with Gasteiger partial charge in [0, 0.05) is 51.8 Å². The normalized spacial score (nSPS) is 15.4. The van der Waals surface area contributed by atoms with Gasteiger partial charge in [0.15, 0.2) is 12.4 Å². The molecule has 1 amide bonds. The van der Waals surface area contributed by atoms with E-state index >= 15 is 0 Å². The molecule has 0 radical (unpaired) electrons. The Bertz CT molecular complexity index is 1290. The summed E-state index contributed by atoms with van der Waals surface area (Å²) in [7, 11) is 3.12. The fraction of sp³-hybridized carbons (Fsp3) is 0.391. The Hall–Kier alpha value is -3.27. The second-order valence-corrected chi connectivity index (χ2v) is 8.62. The number of carbonyl (C=O) groups excluding carboxylic acids is 1. The molecule has 34 heavy (non-hydrogen) atoms. The lowest BCUT2D eigenvalue weighted by atomic mass is 10.1. The van der Waals surface area contributed by atoms with E-state index in [1.807, 2.05) is 18.2 Å². The molecule has 1 N–H and O–H groups in total. The molecule has 3 aromatic rings. The molecule has 0 bridgehead atoms. The maximum Gasteiger partial charge on any atom is 0.293 e. The fourth-order valence-electron chi connectivity index (χ4n) is 3.83. The van der Waals surface area contributed by atoms with Crippen LogP contribution >= 0.6 is 11.6 Å². The number of hydrogen-bond donors (Lipinski definition) is 1. The van der Waals surface area contributed by atoms with Crippen LogP contribution < -0.4 is 20.5 Å². The summed E-state index contributed by atoms with van der Waals surface area (Å²) in [5, 5.41) is 3.56. The summed E-state index contributed by atoms with van der Waals surface area (Å²) in [6.45, 7) is 0.0898. The highest BCUT2D eigenvalue weighted by Crippen LogP contribution is 2.30. The summed E-state index contributed by atoms with van der Waals surface area (Å²) in [5.74, 6) is -2.55. The number of nitrogens with zero attached hydrogens (tertiary/aromatic N) is 4. The van der Waals surface area contributed by atoms with E-state index in [4.69, 9.17) is 16.3 Å². The van der Waals surface area contributed by atoms with E-state index in [2.05, 4.69) is 15.3 Å². The number of anilines is 1. The minimum atomic E-state index is -2.65. The molecule has 1 aliphatic heterocycles. The molecule has 11 heteroatoms. The summed E-state index contributed by atoms with van der Waals surface area (Å²) in [5.41, 5.74) is 1.80. The zero-order chi connectivity index (χ0) is 24.5. The van der Waals surface area contributed by atoms with Gasteiger partial charge in [-0.15, -0.1) is 0 Å². The first kappa shape index (κ1) is 23.9.